The largest absolute Gasteiger partial charge is 0.497 e. The van der Waals surface area contributed by atoms with Crippen molar-refractivity contribution in [2.75, 3.05) is 25.9 Å². The Labute approximate surface area is 188 Å². The van der Waals surface area contributed by atoms with Crippen molar-refractivity contribution in [1.82, 2.24) is 24.6 Å². The Hall–Kier alpha value is -3.26. The number of carbonyl (C=O) groups excluding carboxylic acids is 1. The van der Waals surface area contributed by atoms with Gasteiger partial charge in [-0.1, -0.05) is 13.8 Å². The van der Waals surface area contributed by atoms with Crippen LogP contribution in [0, 0.1) is 5.92 Å². The van der Waals surface area contributed by atoms with E-state index in [1.54, 1.807) is 18.0 Å². The van der Waals surface area contributed by atoms with E-state index in [9.17, 15) is 4.79 Å². The zero-order valence-electron chi connectivity index (χ0n) is 18.9. The lowest BCUT2D eigenvalue weighted by Gasteiger charge is -2.31. The number of nitrogen functional groups attached to an aromatic ring is 1. The monoisotopic (exact) mass is 434 g/mol. The van der Waals surface area contributed by atoms with Crippen LogP contribution in [-0.4, -0.2) is 50.6 Å². The van der Waals surface area contributed by atoms with E-state index >= 15 is 0 Å². The molecule has 0 spiro atoms. The number of hydrogen-bond donors (Lipinski definition) is 1. The van der Waals surface area contributed by atoms with E-state index in [4.69, 9.17) is 10.5 Å². The number of likely N-dealkylation sites (tertiary alicyclic amines) is 1. The predicted octanol–water partition coefficient (Wildman–Crippen LogP) is 3.47. The van der Waals surface area contributed by atoms with Crippen molar-refractivity contribution in [1.29, 1.82) is 0 Å². The number of hydrogen-bond acceptors (Lipinski definition) is 7. The molecule has 8 nitrogen and oxygen atoms in total. The molecule has 1 aromatic carbocycles. The van der Waals surface area contributed by atoms with Crippen LogP contribution in [0.5, 0.6) is 5.75 Å². The highest BCUT2D eigenvalue weighted by Gasteiger charge is 2.29. The molecule has 1 aliphatic rings. The number of carbonyl (C=O) groups is 1. The average molecular weight is 435 g/mol. The van der Waals surface area contributed by atoms with Crippen molar-refractivity contribution < 1.29 is 9.53 Å². The summed E-state index contributed by atoms with van der Waals surface area (Å²) in [7, 11) is 1.62. The Morgan fingerprint density at radius 1 is 1.19 bits per heavy atom. The van der Waals surface area contributed by atoms with Crippen molar-refractivity contribution in [3.05, 3.63) is 59.8 Å². The third kappa shape index (κ3) is 4.65. The molecule has 1 fully saturated rings. The number of anilines is 1. The number of methoxy groups -OCH3 is 1. The van der Waals surface area contributed by atoms with Gasteiger partial charge in [0.1, 0.15) is 17.4 Å². The second-order valence-electron chi connectivity index (χ2n) is 8.60. The Morgan fingerprint density at radius 3 is 2.56 bits per heavy atom. The molecule has 3 aromatic rings. The van der Waals surface area contributed by atoms with Crippen molar-refractivity contribution in [2.24, 2.45) is 5.92 Å². The van der Waals surface area contributed by atoms with Gasteiger partial charge in [-0.15, -0.1) is 0 Å². The van der Waals surface area contributed by atoms with Crippen LogP contribution in [-0.2, 0) is 6.54 Å². The highest BCUT2D eigenvalue weighted by Crippen LogP contribution is 2.26. The quantitative estimate of drug-likeness (QED) is 0.568. The molecule has 1 unspecified atom stereocenters. The number of nitrogens with zero attached hydrogens (tertiary/aromatic N) is 5. The zero-order chi connectivity index (χ0) is 22.7. The molecule has 1 saturated heterocycles. The van der Waals surface area contributed by atoms with Gasteiger partial charge in [-0.05, 0) is 43.7 Å². The molecule has 1 aliphatic heterocycles. The third-order valence-electron chi connectivity index (χ3n) is 5.91. The topological polar surface area (TPSA) is 99.2 Å². The molecule has 1 atom stereocenters. The SMILES string of the molecule is COc1ccc(-n2ncc(C(=O)C3CCCN(Cc4cnc(C(C)C)nc4)C3)c2N)cc1. The van der Waals surface area contributed by atoms with E-state index in [1.165, 1.54) is 0 Å². The van der Waals surface area contributed by atoms with Gasteiger partial charge in [-0.2, -0.15) is 5.10 Å². The summed E-state index contributed by atoms with van der Waals surface area (Å²) in [6.45, 7) is 6.55. The molecule has 3 heterocycles. The van der Waals surface area contributed by atoms with Gasteiger partial charge in [0.25, 0.3) is 0 Å². The van der Waals surface area contributed by atoms with Gasteiger partial charge >= 0.3 is 0 Å². The maximum Gasteiger partial charge on any atom is 0.172 e. The molecular weight excluding hydrogens is 404 g/mol. The first-order valence-electron chi connectivity index (χ1n) is 11.0. The lowest BCUT2D eigenvalue weighted by atomic mass is 9.90. The average Bonchev–Trinajstić information content (AvgIpc) is 3.20. The van der Waals surface area contributed by atoms with Crippen LogP contribution in [0.4, 0.5) is 5.82 Å². The summed E-state index contributed by atoms with van der Waals surface area (Å²) in [5.41, 5.74) is 8.67. The molecule has 0 aliphatic carbocycles. The lowest BCUT2D eigenvalue weighted by molar-refractivity contribution is 0.0812. The fourth-order valence-corrected chi connectivity index (χ4v) is 4.11. The summed E-state index contributed by atoms with van der Waals surface area (Å²) in [6, 6.07) is 7.42. The number of piperidine rings is 1. The van der Waals surface area contributed by atoms with Crippen LogP contribution in [0.1, 0.15) is 54.4 Å². The van der Waals surface area contributed by atoms with E-state index in [2.05, 4.69) is 33.8 Å². The second-order valence-corrected chi connectivity index (χ2v) is 8.60. The van der Waals surface area contributed by atoms with Crippen LogP contribution in [0.3, 0.4) is 0 Å². The molecule has 0 saturated carbocycles. The summed E-state index contributed by atoms with van der Waals surface area (Å²) < 4.78 is 6.80. The summed E-state index contributed by atoms with van der Waals surface area (Å²) in [5, 5.41) is 4.37. The maximum atomic E-state index is 13.3. The molecule has 2 N–H and O–H groups in total. The molecule has 0 radical (unpaired) electrons. The fourth-order valence-electron chi connectivity index (χ4n) is 4.11. The molecule has 2 aromatic heterocycles. The Morgan fingerprint density at radius 2 is 1.91 bits per heavy atom. The molecule has 32 heavy (non-hydrogen) atoms. The van der Waals surface area contributed by atoms with E-state index in [0.29, 0.717) is 23.8 Å². The van der Waals surface area contributed by atoms with E-state index in [-0.39, 0.29) is 11.7 Å². The van der Waals surface area contributed by atoms with Crippen molar-refractivity contribution in [3.8, 4) is 11.4 Å². The second kappa shape index (κ2) is 9.48. The van der Waals surface area contributed by atoms with E-state index < -0.39 is 0 Å². The van der Waals surface area contributed by atoms with E-state index in [0.717, 1.165) is 48.8 Å². The highest BCUT2D eigenvalue weighted by atomic mass is 16.5. The van der Waals surface area contributed by atoms with Gasteiger partial charge in [0.05, 0.1) is 24.6 Å². The van der Waals surface area contributed by atoms with Crippen LogP contribution >= 0.6 is 0 Å². The van der Waals surface area contributed by atoms with Gasteiger partial charge in [0.2, 0.25) is 0 Å². The first-order valence-corrected chi connectivity index (χ1v) is 11.0. The van der Waals surface area contributed by atoms with Gasteiger partial charge in [-0.25, -0.2) is 14.6 Å². The van der Waals surface area contributed by atoms with Crippen molar-refractivity contribution in [3.63, 3.8) is 0 Å². The number of ether oxygens (including phenoxy) is 1. The van der Waals surface area contributed by atoms with Gasteiger partial charge in [0.15, 0.2) is 5.78 Å². The fraction of sp³-hybridized carbons (Fsp3) is 0.417. The number of Topliss-reactive ketones (excluding diaryl/α,β-unsaturated/α-hetero) is 1. The molecule has 0 amide bonds. The molecule has 8 heteroatoms. The summed E-state index contributed by atoms with van der Waals surface area (Å²) in [4.78, 5) is 24.5. The van der Waals surface area contributed by atoms with Crippen LogP contribution in [0.2, 0.25) is 0 Å². The predicted molar refractivity (Wildman–Crippen MR) is 123 cm³/mol. The van der Waals surface area contributed by atoms with Crippen LogP contribution in [0.15, 0.2) is 42.9 Å². The molecule has 4 rings (SSSR count). The Bertz CT molecular complexity index is 1060. The molecule has 0 bridgehead atoms. The number of nitrogens with two attached hydrogens (primary N) is 1. The number of rotatable bonds is 7. The minimum Gasteiger partial charge on any atom is -0.497 e. The molecular formula is C24H30N6O2. The minimum absolute atomic E-state index is 0.0540. The first-order chi connectivity index (χ1) is 15.5. The Kier molecular flexibility index (Phi) is 6.50. The molecule has 168 valence electrons. The third-order valence-corrected chi connectivity index (χ3v) is 5.91. The van der Waals surface area contributed by atoms with Crippen molar-refractivity contribution in [2.45, 2.75) is 39.2 Å². The highest BCUT2D eigenvalue weighted by molar-refractivity contribution is 6.01. The van der Waals surface area contributed by atoms with Gasteiger partial charge in [-0.3, -0.25) is 9.69 Å². The number of aromatic nitrogens is 4. The minimum atomic E-state index is -0.101. The summed E-state index contributed by atoms with van der Waals surface area (Å²) in [6.07, 6.45) is 7.19. The standard InChI is InChI=1S/C24H30N6O2/c1-16(2)24-26-11-17(12-27-24)14-29-10-4-5-18(15-29)22(31)21-13-28-30(23(21)25)19-6-8-20(32-3)9-7-19/h6-9,11-13,16,18H,4-5,10,14-15,25H2,1-3H3. The summed E-state index contributed by atoms with van der Waals surface area (Å²) >= 11 is 0. The number of ketones is 1. The smallest absolute Gasteiger partial charge is 0.172 e. The van der Waals surface area contributed by atoms with E-state index in [1.807, 2.05) is 36.7 Å². The number of benzene rings is 1. The van der Waals surface area contributed by atoms with Crippen LogP contribution in [0.25, 0.3) is 5.69 Å². The maximum absolute atomic E-state index is 13.3. The first kappa shape index (κ1) is 22.0. The Balaban J connectivity index is 1.44. The van der Waals surface area contributed by atoms with Gasteiger partial charge in [0, 0.05) is 42.9 Å². The normalized spacial score (nSPS) is 16.9. The zero-order valence-corrected chi connectivity index (χ0v) is 18.9. The summed E-state index contributed by atoms with van der Waals surface area (Å²) in [5.74, 6) is 2.24. The van der Waals surface area contributed by atoms with Gasteiger partial charge < -0.3 is 10.5 Å². The van der Waals surface area contributed by atoms with Crippen molar-refractivity contribution >= 4 is 11.6 Å². The lowest BCUT2D eigenvalue weighted by Crippen LogP contribution is -2.38. The van der Waals surface area contributed by atoms with Crippen LogP contribution < -0.4 is 10.5 Å².